The molecule has 0 fully saturated rings. The molecule has 0 atom stereocenters. The summed E-state index contributed by atoms with van der Waals surface area (Å²) in [7, 11) is 0. The van der Waals surface area contributed by atoms with E-state index in [0.29, 0.717) is 5.69 Å². The molecule has 0 saturated carbocycles. The second kappa shape index (κ2) is 4.27. The molecule has 3 nitrogen and oxygen atoms in total. The third-order valence-electron chi connectivity index (χ3n) is 2.48. The van der Waals surface area contributed by atoms with Crippen molar-refractivity contribution in [3.05, 3.63) is 42.0 Å². The maximum absolute atomic E-state index is 12.0. The minimum absolute atomic E-state index is 0.239. The number of halogens is 3. The Labute approximate surface area is 109 Å². The zero-order valence-corrected chi connectivity index (χ0v) is 10.2. The quantitative estimate of drug-likeness (QED) is 0.712. The van der Waals surface area contributed by atoms with E-state index in [-0.39, 0.29) is 5.75 Å². The highest BCUT2D eigenvalue weighted by molar-refractivity contribution is 7.15. The van der Waals surface area contributed by atoms with E-state index in [9.17, 15) is 13.2 Å². The SMILES string of the molecule is FC(F)(F)Oc1ccc(-c2cn3ccsc3n2)cc1. The lowest BCUT2D eigenvalue weighted by Crippen LogP contribution is -2.16. The molecular formula is C12H7F3N2OS. The molecule has 0 amide bonds. The van der Waals surface area contributed by atoms with Gasteiger partial charge in [0.2, 0.25) is 0 Å². The maximum atomic E-state index is 12.0. The topological polar surface area (TPSA) is 26.5 Å². The van der Waals surface area contributed by atoms with Crippen molar-refractivity contribution in [2.24, 2.45) is 0 Å². The molecule has 0 aliphatic carbocycles. The standard InChI is InChI=1S/C12H7F3N2OS/c13-12(14,15)18-9-3-1-8(2-4-9)10-7-17-5-6-19-11(17)16-10/h1-7H. The number of benzene rings is 1. The van der Waals surface area contributed by atoms with Crippen molar-refractivity contribution in [1.29, 1.82) is 0 Å². The van der Waals surface area contributed by atoms with Gasteiger partial charge >= 0.3 is 6.36 Å². The smallest absolute Gasteiger partial charge is 0.406 e. The van der Waals surface area contributed by atoms with Crippen LogP contribution in [0.4, 0.5) is 13.2 Å². The summed E-state index contributed by atoms with van der Waals surface area (Å²) >= 11 is 1.49. The fourth-order valence-corrected chi connectivity index (χ4v) is 2.39. The third-order valence-corrected chi connectivity index (χ3v) is 3.25. The van der Waals surface area contributed by atoms with Crippen LogP contribution in [0.3, 0.4) is 0 Å². The molecule has 0 unspecified atom stereocenters. The number of ether oxygens (including phenoxy) is 1. The van der Waals surface area contributed by atoms with Crippen molar-refractivity contribution in [3.8, 4) is 17.0 Å². The van der Waals surface area contributed by atoms with Gasteiger partial charge in [0.15, 0.2) is 4.96 Å². The van der Waals surface area contributed by atoms with Crippen LogP contribution in [-0.4, -0.2) is 15.7 Å². The Bertz CT molecular complexity index is 671. The predicted molar refractivity (Wildman–Crippen MR) is 65.2 cm³/mol. The van der Waals surface area contributed by atoms with Gasteiger partial charge in [-0.1, -0.05) is 0 Å². The van der Waals surface area contributed by atoms with E-state index in [1.165, 1.54) is 23.5 Å². The molecule has 0 radical (unpaired) electrons. The lowest BCUT2D eigenvalue weighted by atomic mass is 10.2. The summed E-state index contributed by atoms with van der Waals surface area (Å²) in [6, 6.07) is 5.65. The maximum Gasteiger partial charge on any atom is 0.573 e. The van der Waals surface area contributed by atoms with Crippen LogP contribution < -0.4 is 4.74 Å². The van der Waals surface area contributed by atoms with Crippen molar-refractivity contribution in [2.75, 3.05) is 0 Å². The first kappa shape index (κ1) is 12.0. The van der Waals surface area contributed by atoms with E-state index in [2.05, 4.69) is 9.72 Å². The summed E-state index contributed by atoms with van der Waals surface area (Å²) in [5.74, 6) is -0.239. The highest BCUT2D eigenvalue weighted by Gasteiger charge is 2.30. The molecule has 0 aliphatic rings. The number of hydrogen-bond acceptors (Lipinski definition) is 3. The van der Waals surface area contributed by atoms with Gasteiger partial charge in [0.05, 0.1) is 5.69 Å². The van der Waals surface area contributed by atoms with Crippen LogP contribution in [0.2, 0.25) is 0 Å². The van der Waals surface area contributed by atoms with Gasteiger partial charge in [-0.25, -0.2) is 4.98 Å². The van der Waals surface area contributed by atoms with Gasteiger partial charge in [-0.2, -0.15) is 0 Å². The second-order valence-corrected chi connectivity index (χ2v) is 4.66. The predicted octanol–water partition coefficient (Wildman–Crippen LogP) is 3.96. The van der Waals surface area contributed by atoms with Crippen LogP contribution in [0.15, 0.2) is 42.0 Å². The van der Waals surface area contributed by atoms with E-state index in [0.717, 1.165) is 10.5 Å². The molecule has 0 spiro atoms. The first-order chi connectivity index (χ1) is 9.01. The number of rotatable bonds is 2. The van der Waals surface area contributed by atoms with E-state index < -0.39 is 6.36 Å². The summed E-state index contributed by atoms with van der Waals surface area (Å²) in [4.78, 5) is 5.20. The van der Waals surface area contributed by atoms with E-state index in [1.807, 2.05) is 22.2 Å². The monoisotopic (exact) mass is 284 g/mol. The van der Waals surface area contributed by atoms with Gasteiger partial charge < -0.3 is 4.74 Å². The molecule has 0 N–H and O–H groups in total. The van der Waals surface area contributed by atoms with Crippen molar-refractivity contribution in [2.45, 2.75) is 6.36 Å². The van der Waals surface area contributed by atoms with Crippen LogP contribution in [0, 0.1) is 0 Å². The van der Waals surface area contributed by atoms with E-state index in [1.54, 1.807) is 12.1 Å². The Morgan fingerprint density at radius 3 is 2.53 bits per heavy atom. The Kier molecular flexibility index (Phi) is 2.70. The van der Waals surface area contributed by atoms with Gasteiger partial charge in [-0.15, -0.1) is 24.5 Å². The Morgan fingerprint density at radius 1 is 1.16 bits per heavy atom. The minimum atomic E-state index is -4.67. The van der Waals surface area contributed by atoms with Gasteiger partial charge in [-0.05, 0) is 24.3 Å². The average Bonchev–Trinajstić information content (AvgIpc) is 2.87. The number of aromatic nitrogens is 2. The molecule has 0 aliphatic heterocycles. The molecule has 2 heterocycles. The summed E-state index contributed by atoms with van der Waals surface area (Å²) in [6.07, 6.45) is -0.971. The van der Waals surface area contributed by atoms with Crippen molar-refractivity contribution >= 4 is 16.3 Å². The normalized spacial score (nSPS) is 11.9. The first-order valence-electron chi connectivity index (χ1n) is 5.30. The number of imidazole rings is 1. The lowest BCUT2D eigenvalue weighted by Gasteiger charge is -2.08. The molecular weight excluding hydrogens is 277 g/mol. The fraction of sp³-hybridized carbons (Fsp3) is 0.0833. The summed E-state index contributed by atoms with van der Waals surface area (Å²) in [5, 5.41) is 1.91. The molecule has 1 aromatic carbocycles. The first-order valence-corrected chi connectivity index (χ1v) is 6.18. The molecule has 7 heteroatoms. The minimum Gasteiger partial charge on any atom is -0.406 e. The average molecular weight is 284 g/mol. The van der Waals surface area contributed by atoms with Gasteiger partial charge in [0, 0.05) is 23.3 Å². The zero-order chi connectivity index (χ0) is 13.5. The molecule has 0 saturated heterocycles. The van der Waals surface area contributed by atoms with E-state index >= 15 is 0 Å². The zero-order valence-electron chi connectivity index (χ0n) is 9.39. The highest BCUT2D eigenvalue weighted by atomic mass is 32.1. The summed E-state index contributed by atoms with van der Waals surface area (Å²) in [6.45, 7) is 0. The Balaban J connectivity index is 1.88. The van der Waals surface area contributed by atoms with Crippen molar-refractivity contribution < 1.29 is 17.9 Å². The molecule has 98 valence electrons. The highest BCUT2D eigenvalue weighted by Crippen LogP contribution is 2.26. The Morgan fingerprint density at radius 2 is 1.89 bits per heavy atom. The number of alkyl halides is 3. The Hall–Kier alpha value is -2.02. The molecule has 2 aromatic heterocycles. The molecule has 0 bridgehead atoms. The molecule has 3 rings (SSSR count). The lowest BCUT2D eigenvalue weighted by molar-refractivity contribution is -0.274. The van der Waals surface area contributed by atoms with Crippen LogP contribution >= 0.6 is 11.3 Å². The van der Waals surface area contributed by atoms with Crippen LogP contribution in [0.1, 0.15) is 0 Å². The van der Waals surface area contributed by atoms with Crippen LogP contribution in [-0.2, 0) is 0 Å². The number of nitrogens with zero attached hydrogens (tertiary/aromatic N) is 2. The van der Waals surface area contributed by atoms with E-state index in [4.69, 9.17) is 0 Å². The summed E-state index contributed by atoms with van der Waals surface area (Å²) < 4.78 is 41.8. The fourth-order valence-electron chi connectivity index (χ4n) is 1.69. The largest absolute Gasteiger partial charge is 0.573 e. The van der Waals surface area contributed by atoms with Crippen molar-refractivity contribution in [1.82, 2.24) is 9.38 Å². The second-order valence-electron chi connectivity index (χ2n) is 3.79. The number of hydrogen-bond donors (Lipinski definition) is 0. The van der Waals surface area contributed by atoms with Crippen LogP contribution in [0.25, 0.3) is 16.2 Å². The van der Waals surface area contributed by atoms with Crippen LogP contribution in [0.5, 0.6) is 5.75 Å². The third kappa shape index (κ3) is 2.55. The summed E-state index contributed by atoms with van der Waals surface area (Å²) in [5.41, 5.74) is 1.45. The molecule has 19 heavy (non-hydrogen) atoms. The van der Waals surface area contributed by atoms with Gasteiger partial charge in [0.25, 0.3) is 0 Å². The number of fused-ring (bicyclic) bond motifs is 1. The van der Waals surface area contributed by atoms with Gasteiger partial charge in [-0.3, -0.25) is 4.40 Å². The van der Waals surface area contributed by atoms with Gasteiger partial charge in [0.1, 0.15) is 5.75 Å². The number of thiazole rings is 1. The molecule has 3 aromatic rings. The van der Waals surface area contributed by atoms with Crippen molar-refractivity contribution in [3.63, 3.8) is 0 Å².